The van der Waals surface area contributed by atoms with Crippen LogP contribution in [0.5, 0.6) is 0 Å². The van der Waals surface area contributed by atoms with Crippen LogP contribution in [-0.4, -0.2) is 72.3 Å². The molecular weight excluding hydrogens is 398 g/mol. The first-order valence-corrected chi connectivity index (χ1v) is 10.5. The number of nitrogens with zero attached hydrogens (tertiary/aromatic N) is 2. The van der Waals surface area contributed by atoms with Crippen molar-refractivity contribution in [3.63, 3.8) is 0 Å². The van der Waals surface area contributed by atoms with Crippen LogP contribution in [-0.2, 0) is 14.3 Å². The lowest BCUT2D eigenvalue weighted by Crippen LogP contribution is -2.50. The van der Waals surface area contributed by atoms with Gasteiger partial charge in [0.1, 0.15) is 6.04 Å². The molecule has 8 nitrogen and oxygen atoms in total. The van der Waals surface area contributed by atoms with Gasteiger partial charge in [-0.1, -0.05) is 24.3 Å². The Morgan fingerprint density at radius 3 is 2.26 bits per heavy atom. The number of hydrogen-bond donors (Lipinski definition) is 1. The van der Waals surface area contributed by atoms with E-state index >= 15 is 0 Å². The zero-order chi connectivity index (χ0) is 22.0. The van der Waals surface area contributed by atoms with Gasteiger partial charge in [-0.25, -0.2) is 0 Å². The van der Waals surface area contributed by atoms with Crippen molar-refractivity contribution < 1.29 is 23.9 Å². The van der Waals surface area contributed by atoms with E-state index in [1.165, 1.54) is 4.90 Å². The Kier molecular flexibility index (Phi) is 5.99. The third-order valence-electron chi connectivity index (χ3n) is 5.71. The second-order valence-electron chi connectivity index (χ2n) is 7.80. The van der Waals surface area contributed by atoms with Crippen LogP contribution in [0, 0.1) is 0 Å². The minimum atomic E-state index is -0.631. The van der Waals surface area contributed by atoms with Gasteiger partial charge in [0.2, 0.25) is 11.8 Å². The van der Waals surface area contributed by atoms with Crippen LogP contribution in [0.2, 0.25) is 0 Å². The highest BCUT2D eigenvalue weighted by molar-refractivity contribution is 6.25. The summed E-state index contributed by atoms with van der Waals surface area (Å²) in [7, 11) is 0. The number of carbonyl (C=O) groups is 4. The van der Waals surface area contributed by atoms with E-state index < -0.39 is 6.04 Å². The van der Waals surface area contributed by atoms with Crippen LogP contribution in [0.3, 0.4) is 0 Å². The molecule has 0 radical (unpaired) electrons. The van der Waals surface area contributed by atoms with Crippen LogP contribution >= 0.6 is 0 Å². The number of rotatable bonds is 6. The van der Waals surface area contributed by atoms with E-state index in [0.717, 1.165) is 5.39 Å². The molecule has 2 heterocycles. The largest absolute Gasteiger partial charge is 0.378 e. The first-order valence-electron chi connectivity index (χ1n) is 10.5. The Morgan fingerprint density at radius 1 is 1.03 bits per heavy atom. The molecule has 1 fully saturated rings. The van der Waals surface area contributed by atoms with Gasteiger partial charge in [0.15, 0.2) is 0 Å². The van der Waals surface area contributed by atoms with Gasteiger partial charge >= 0.3 is 0 Å². The maximum atomic E-state index is 12.9. The fourth-order valence-corrected chi connectivity index (χ4v) is 4.11. The normalized spacial score (nSPS) is 17.1. The van der Waals surface area contributed by atoms with Crippen molar-refractivity contribution in [2.45, 2.75) is 25.8 Å². The van der Waals surface area contributed by atoms with Gasteiger partial charge in [-0.3, -0.25) is 24.1 Å². The summed E-state index contributed by atoms with van der Waals surface area (Å²) in [6.45, 7) is 3.84. The Bertz CT molecular complexity index is 994. The lowest BCUT2D eigenvalue weighted by atomic mass is 9.94. The van der Waals surface area contributed by atoms with Crippen molar-refractivity contribution in [3.05, 3.63) is 47.5 Å². The predicted octanol–water partition coefficient (Wildman–Crippen LogP) is 1.58. The summed E-state index contributed by atoms with van der Waals surface area (Å²) < 4.78 is 5.24. The van der Waals surface area contributed by atoms with Gasteiger partial charge in [-0.05, 0) is 30.9 Å². The van der Waals surface area contributed by atoms with Gasteiger partial charge < -0.3 is 15.0 Å². The Hall–Kier alpha value is -3.26. The van der Waals surface area contributed by atoms with Gasteiger partial charge in [-0.15, -0.1) is 0 Å². The Labute approximate surface area is 180 Å². The Morgan fingerprint density at radius 2 is 1.65 bits per heavy atom. The standard InChI is InChI=1S/C23H25N3O5/c1-15(21(28)25-11-13-31-14-12-25)24-19(27)9-4-10-26-22(29)17-7-2-5-16-6-3-8-18(20(16)17)23(26)30/h2-3,5-8,15H,4,9-14H2,1H3,(H,24,27). The number of benzene rings is 2. The molecule has 2 aromatic carbocycles. The zero-order valence-electron chi connectivity index (χ0n) is 17.4. The highest BCUT2D eigenvalue weighted by atomic mass is 16.5. The molecule has 0 bridgehead atoms. The summed E-state index contributed by atoms with van der Waals surface area (Å²) in [4.78, 5) is 53.3. The molecular formula is C23H25N3O5. The van der Waals surface area contributed by atoms with Crippen LogP contribution in [0.15, 0.2) is 36.4 Å². The van der Waals surface area contributed by atoms with Crippen molar-refractivity contribution >= 4 is 34.4 Å². The number of carbonyl (C=O) groups excluding carboxylic acids is 4. The van der Waals surface area contributed by atoms with Gasteiger partial charge in [0, 0.05) is 42.6 Å². The van der Waals surface area contributed by atoms with Crippen LogP contribution in [0.1, 0.15) is 40.5 Å². The van der Waals surface area contributed by atoms with Crippen LogP contribution in [0.25, 0.3) is 10.8 Å². The van der Waals surface area contributed by atoms with Crippen molar-refractivity contribution in [2.24, 2.45) is 0 Å². The highest BCUT2D eigenvalue weighted by Gasteiger charge is 2.32. The van der Waals surface area contributed by atoms with E-state index in [4.69, 9.17) is 4.74 Å². The third-order valence-corrected chi connectivity index (χ3v) is 5.71. The van der Waals surface area contributed by atoms with Crippen LogP contribution in [0.4, 0.5) is 0 Å². The van der Waals surface area contributed by atoms with Crippen LogP contribution < -0.4 is 5.32 Å². The monoisotopic (exact) mass is 423 g/mol. The molecule has 31 heavy (non-hydrogen) atoms. The van der Waals surface area contributed by atoms with Crippen molar-refractivity contribution in [3.8, 4) is 0 Å². The maximum absolute atomic E-state index is 12.9. The summed E-state index contributed by atoms with van der Waals surface area (Å²) in [5.74, 6) is -1.10. The number of hydrogen-bond acceptors (Lipinski definition) is 5. The summed E-state index contributed by atoms with van der Waals surface area (Å²) in [5.41, 5.74) is 1.00. The first kappa shape index (κ1) is 21.0. The Balaban J connectivity index is 1.33. The number of morpholine rings is 1. The van der Waals surface area contributed by atoms with E-state index in [1.807, 2.05) is 12.1 Å². The average molecular weight is 423 g/mol. The van der Waals surface area contributed by atoms with Gasteiger partial charge in [0.25, 0.3) is 11.8 Å². The van der Waals surface area contributed by atoms with E-state index in [9.17, 15) is 19.2 Å². The molecule has 1 atom stereocenters. The second-order valence-corrected chi connectivity index (χ2v) is 7.80. The van der Waals surface area contributed by atoms with Crippen molar-refractivity contribution in [1.82, 2.24) is 15.1 Å². The lowest BCUT2D eigenvalue weighted by Gasteiger charge is -2.29. The number of amides is 4. The topological polar surface area (TPSA) is 96.0 Å². The molecule has 1 saturated heterocycles. The quantitative estimate of drug-likeness (QED) is 0.712. The molecule has 0 spiro atoms. The van der Waals surface area contributed by atoms with E-state index in [1.54, 1.807) is 36.1 Å². The summed E-state index contributed by atoms with van der Waals surface area (Å²) in [6, 6.07) is 10.2. The molecule has 162 valence electrons. The molecule has 8 heteroatoms. The average Bonchev–Trinajstić information content (AvgIpc) is 2.79. The highest BCUT2D eigenvalue weighted by Crippen LogP contribution is 2.30. The number of imide groups is 1. The SMILES string of the molecule is CC(NC(=O)CCCN1C(=O)c2cccc3cccc(c23)C1=O)C(=O)N1CCOCC1. The minimum absolute atomic E-state index is 0.115. The fraction of sp³-hybridized carbons (Fsp3) is 0.391. The molecule has 0 saturated carbocycles. The molecule has 0 aromatic heterocycles. The number of ether oxygens (including phenoxy) is 1. The maximum Gasteiger partial charge on any atom is 0.261 e. The molecule has 2 aliphatic heterocycles. The molecule has 4 rings (SSSR count). The summed E-state index contributed by atoms with van der Waals surface area (Å²) in [6.07, 6.45) is 0.434. The smallest absolute Gasteiger partial charge is 0.261 e. The zero-order valence-corrected chi connectivity index (χ0v) is 17.4. The fourth-order valence-electron chi connectivity index (χ4n) is 4.11. The molecule has 1 unspecified atom stereocenters. The van der Waals surface area contributed by atoms with E-state index in [0.29, 0.717) is 49.2 Å². The van der Waals surface area contributed by atoms with E-state index in [2.05, 4.69) is 5.32 Å². The van der Waals surface area contributed by atoms with E-state index in [-0.39, 0.29) is 36.6 Å². The number of nitrogens with one attached hydrogen (secondary N) is 1. The van der Waals surface area contributed by atoms with Crippen molar-refractivity contribution in [1.29, 1.82) is 0 Å². The van der Waals surface area contributed by atoms with Gasteiger partial charge in [0.05, 0.1) is 13.2 Å². The molecule has 2 aliphatic rings. The predicted molar refractivity (Wildman–Crippen MR) is 114 cm³/mol. The van der Waals surface area contributed by atoms with Gasteiger partial charge in [-0.2, -0.15) is 0 Å². The molecule has 0 aliphatic carbocycles. The molecule has 1 N–H and O–H groups in total. The summed E-state index contributed by atoms with van der Waals surface area (Å²) >= 11 is 0. The first-order chi connectivity index (χ1) is 15.0. The third kappa shape index (κ3) is 4.16. The lowest BCUT2D eigenvalue weighted by molar-refractivity contribution is -0.139. The summed E-state index contributed by atoms with van der Waals surface area (Å²) in [5, 5.41) is 4.25. The molecule has 2 aromatic rings. The molecule has 4 amide bonds. The minimum Gasteiger partial charge on any atom is -0.378 e. The second kappa shape index (κ2) is 8.85. The van der Waals surface area contributed by atoms with Crippen molar-refractivity contribution in [2.75, 3.05) is 32.8 Å².